The van der Waals surface area contributed by atoms with Crippen molar-refractivity contribution in [2.24, 2.45) is 0 Å². The number of H-pyrrole nitrogens is 2. The SMILES string of the molecule is Nc1cc(C(=O)Nc2ncc[nH]2)c2nc(NC(=O)c3cc4ccccc4cn3)[nH]c2c1. The fourth-order valence-electron chi connectivity index (χ4n) is 3.26. The van der Waals surface area contributed by atoms with Crippen LogP contribution in [0.2, 0.25) is 0 Å². The van der Waals surface area contributed by atoms with Gasteiger partial charge < -0.3 is 15.7 Å². The Bertz CT molecular complexity index is 1440. The summed E-state index contributed by atoms with van der Waals surface area (Å²) in [7, 11) is 0. The highest BCUT2D eigenvalue weighted by Gasteiger charge is 2.18. The molecule has 0 aliphatic carbocycles. The second-order valence-corrected chi connectivity index (χ2v) is 6.81. The molecule has 0 aliphatic rings. The van der Waals surface area contributed by atoms with Crippen LogP contribution in [0.25, 0.3) is 21.8 Å². The van der Waals surface area contributed by atoms with E-state index in [4.69, 9.17) is 5.73 Å². The number of rotatable bonds is 4. The van der Waals surface area contributed by atoms with Gasteiger partial charge in [-0.1, -0.05) is 24.3 Å². The first-order chi connectivity index (χ1) is 15.1. The van der Waals surface area contributed by atoms with Crippen molar-refractivity contribution in [2.75, 3.05) is 16.4 Å². The van der Waals surface area contributed by atoms with Crippen LogP contribution in [0.3, 0.4) is 0 Å². The first-order valence-corrected chi connectivity index (χ1v) is 9.33. The lowest BCUT2D eigenvalue weighted by Crippen LogP contribution is -2.15. The molecule has 0 saturated carbocycles. The Morgan fingerprint density at radius 1 is 0.935 bits per heavy atom. The van der Waals surface area contributed by atoms with Gasteiger partial charge in [0, 0.05) is 29.7 Å². The van der Waals surface area contributed by atoms with Crippen molar-refractivity contribution in [1.29, 1.82) is 0 Å². The maximum absolute atomic E-state index is 12.7. The second-order valence-electron chi connectivity index (χ2n) is 6.81. The largest absolute Gasteiger partial charge is 0.399 e. The monoisotopic (exact) mass is 412 g/mol. The van der Waals surface area contributed by atoms with Crippen LogP contribution in [0.15, 0.2) is 61.1 Å². The molecule has 10 heteroatoms. The quantitative estimate of drug-likeness (QED) is 0.286. The van der Waals surface area contributed by atoms with Gasteiger partial charge in [-0.3, -0.25) is 25.2 Å². The molecule has 2 aromatic carbocycles. The Kier molecular flexibility index (Phi) is 4.29. The number of imidazole rings is 2. The topological polar surface area (TPSA) is 154 Å². The van der Waals surface area contributed by atoms with Crippen LogP contribution in [0.4, 0.5) is 17.6 Å². The summed E-state index contributed by atoms with van der Waals surface area (Å²) in [5.74, 6) is -0.396. The Morgan fingerprint density at radius 2 is 1.74 bits per heavy atom. The summed E-state index contributed by atoms with van der Waals surface area (Å²) in [5.41, 5.74) is 7.67. The number of aromatic amines is 2. The van der Waals surface area contributed by atoms with Crippen LogP contribution in [0.5, 0.6) is 0 Å². The summed E-state index contributed by atoms with van der Waals surface area (Å²) in [6, 6.07) is 12.5. The van der Waals surface area contributed by atoms with Gasteiger partial charge in [0.25, 0.3) is 11.8 Å². The zero-order valence-corrected chi connectivity index (χ0v) is 16.0. The molecular weight excluding hydrogens is 396 g/mol. The van der Waals surface area contributed by atoms with Crippen LogP contribution in [0, 0.1) is 0 Å². The number of benzene rings is 2. The zero-order valence-electron chi connectivity index (χ0n) is 16.0. The molecule has 2 amide bonds. The molecule has 10 nitrogen and oxygen atoms in total. The molecule has 6 N–H and O–H groups in total. The van der Waals surface area contributed by atoms with Gasteiger partial charge in [-0.25, -0.2) is 9.97 Å². The number of hydrogen-bond acceptors (Lipinski definition) is 6. The molecule has 3 heterocycles. The van der Waals surface area contributed by atoms with Gasteiger partial charge in [0.1, 0.15) is 11.2 Å². The van der Waals surface area contributed by atoms with Crippen LogP contribution < -0.4 is 16.4 Å². The smallest absolute Gasteiger partial charge is 0.276 e. The van der Waals surface area contributed by atoms with E-state index in [1.807, 2.05) is 24.3 Å². The van der Waals surface area contributed by atoms with Gasteiger partial charge in [0.15, 0.2) is 0 Å². The molecule has 3 aromatic heterocycles. The fraction of sp³-hybridized carbons (Fsp3) is 0. The minimum Gasteiger partial charge on any atom is -0.399 e. The van der Waals surface area contributed by atoms with E-state index >= 15 is 0 Å². The molecular formula is C21H16N8O2. The summed E-state index contributed by atoms with van der Waals surface area (Å²) in [6.07, 6.45) is 4.75. The Hall–Kier alpha value is -4.73. The summed E-state index contributed by atoms with van der Waals surface area (Å²) in [4.78, 5) is 43.7. The summed E-state index contributed by atoms with van der Waals surface area (Å²) < 4.78 is 0. The number of nitrogens with two attached hydrogens (primary N) is 1. The molecule has 0 aliphatic heterocycles. The minimum absolute atomic E-state index is 0.174. The van der Waals surface area contributed by atoms with Crippen molar-refractivity contribution in [1.82, 2.24) is 24.9 Å². The molecule has 31 heavy (non-hydrogen) atoms. The number of carbonyl (C=O) groups is 2. The molecule has 0 bridgehead atoms. The number of nitrogens with zero attached hydrogens (tertiary/aromatic N) is 3. The number of nitrogen functional groups attached to an aromatic ring is 1. The van der Waals surface area contributed by atoms with E-state index < -0.39 is 11.8 Å². The van der Waals surface area contributed by atoms with E-state index in [0.29, 0.717) is 22.7 Å². The standard InChI is InChI=1S/C21H16N8O2/c22-13-8-14(18(30)28-20-23-5-6-24-20)17-15(9-13)26-21(27-17)29-19(31)16-7-11-3-1-2-4-12(11)10-25-16/h1-10H,22H2,(H2,23,24,28,30)(H2,26,27,29,31). The van der Waals surface area contributed by atoms with Gasteiger partial charge in [0.2, 0.25) is 11.9 Å². The molecule has 0 atom stereocenters. The van der Waals surface area contributed by atoms with E-state index in [-0.39, 0.29) is 17.2 Å². The lowest BCUT2D eigenvalue weighted by atomic mass is 10.1. The molecule has 0 saturated heterocycles. The van der Waals surface area contributed by atoms with Crippen molar-refractivity contribution in [2.45, 2.75) is 0 Å². The normalized spacial score (nSPS) is 11.0. The molecule has 0 radical (unpaired) electrons. The average Bonchev–Trinajstić information content (AvgIpc) is 3.42. The van der Waals surface area contributed by atoms with Gasteiger partial charge in [0.05, 0.1) is 11.1 Å². The van der Waals surface area contributed by atoms with Crippen molar-refractivity contribution >= 4 is 51.2 Å². The predicted molar refractivity (Wildman–Crippen MR) is 117 cm³/mol. The van der Waals surface area contributed by atoms with Gasteiger partial charge in [-0.15, -0.1) is 0 Å². The van der Waals surface area contributed by atoms with Crippen molar-refractivity contribution in [3.05, 3.63) is 72.3 Å². The van der Waals surface area contributed by atoms with Crippen LogP contribution in [0.1, 0.15) is 20.8 Å². The highest BCUT2D eigenvalue weighted by Crippen LogP contribution is 2.23. The lowest BCUT2D eigenvalue weighted by molar-refractivity contribution is 0.101. The fourth-order valence-corrected chi connectivity index (χ4v) is 3.26. The molecule has 5 rings (SSSR count). The van der Waals surface area contributed by atoms with Gasteiger partial charge >= 0.3 is 0 Å². The van der Waals surface area contributed by atoms with Crippen LogP contribution >= 0.6 is 0 Å². The minimum atomic E-state index is -0.437. The molecule has 0 fully saturated rings. The molecule has 0 unspecified atom stereocenters. The number of nitrogens with one attached hydrogen (secondary N) is 4. The zero-order chi connectivity index (χ0) is 21.4. The Labute approximate surface area is 174 Å². The number of hydrogen-bond donors (Lipinski definition) is 5. The Morgan fingerprint density at radius 3 is 2.55 bits per heavy atom. The number of pyridine rings is 1. The average molecular weight is 412 g/mol. The number of amides is 2. The number of aromatic nitrogens is 5. The van der Waals surface area contributed by atoms with Crippen molar-refractivity contribution in [3.8, 4) is 0 Å². The van der Waals surface area contributed by atoms with Crippen LogP contribution in [-0.4, -0.2) is 36.7 Å². The van der Waals surface area contributed by atoms with Crippen LogP contribution in [-0.2, 0) is 0 Å². The summed E-state index contributed by atoms with van der Waals surface area (Å²) >= 11 is 0. The van der Waals surface area contributed by atoms with Crippen molar-refractivity contribution in [3.63, 3.8) is 0 Å². The van der Waals surface area contributed by atoms with Gasteiger partial charge in [-0.2, -0.15) is 0 Å². The lowest BCUT2D eigenvalue weighted by Gasteiger charge is -2.04. The molecule has 152 valence electrons. The van der Waals surface area contributed by atoms with E-state index in [9.17, 15) is 9.59 Å². The van der Waals surface area contributed by atoms with E-state index in [2.05, 4.69) is 35.6 Å². The maximum atomic E-state index is 12.7. The highest BCUT2D eigenvalue weighted by atomic mass is 16.2. The maximum Gasteiger partial charge on any atom is 0.276 e. The number of carbonyl (C=O) groups excluding carboxylic acids is 2. The highest BCUT2D eigenvalue weighted by molar-refractivity contribution is 6.12. The predicted octanol–water partition coefficient (Wildman–Crippen LogP) is 2.92. The Balaban J connectivity index is 1.45. The van der Waals surface area contributed by atoms with Gasteiger partial charge in [-0.05, 0) is 23.6 Å². The summed E-state index contributed by atoms with van der Waals surface area (Å²) in [6.45, 7) is 0. The van der Waals surface area contributed by atoms with E-state index in [0.717, 1.165) is 10.8 Å². The first-order valence-electron chi connectivity index (χ1n) is 9.33. The van der Waals surface area contributed by atoms with E-state index in [1.54, 1.807) is 24.5 Å². The third kappa shape index (κ3) is 3.53. The first kappa shape index (κ1) is 18.3. The molecule has 0 spiro atoms. The number of anilines is 3. The second kappa shape index (κ2) is 7.26. The summed E-state index contributed by atoms with van der Waals surface area (Å²) in [5, 5.41) is 7.16. The molecule has 5 aromatic rings. The third-order valence-corrected chi connectivity index (χ3v) is 4.68. The van der Waals surface area contributed by atoms with Crippen molar-refractivity contribution < 1.29 is 9.59 Å². The van der Waals surface area contributed by atoms with E-state index in [1.165, 1.54) is 12.3 Å². The third-order valence-electron chi connectivity index (χ3n) is 4.68. The number of fused-ring (bicyclic) bond motifs is 2.